The summed E-state index contributed by atoms with van der Waals surface area (Å²) >= 11 is 0. The van der Waals surface area contributed by atoms with Crippen molar-refractivity contribution in [1.82, 2.24) is 0 Å². The molecule has 0 rings (SSSR count). The van der Waals surface area contributed by atoms with Gasteiger partial charge in [-0.3, -0.25) is 0 Å². The Balaban J connectivity index is 0. The number of hydrogen-bond acceptors (Lipinski definition) is 0. The Labute approximate surface area is 121 Å². The summed E-state index contributed by atoms with van der Waals surface area (Å²) in [6, 6.07) is 0. The summed E-state index contributed by atoms with van der Waals surface area (Å²) in [5, 5.41) is 0. The molecule has 0 aromatic rings. The molecule has 0 unspecified atom stereocenters. The molecule has 0 aliphatic carbocycles. The van der Waals surface area contributed by atoms with Crippen molar-refractivity contribution in [2.75, 3.05) is 0 Å². The zero-order valence-electron chi connectivity index (χ0n) is 3.71. The number of rotatable bonds is 0. The second kappa shape index (κ2) is 109. The lowest BCUT2D eigenvalue weighted by Crippen LogP contribution is 0.688. The van der Waals surface area contributed by atoms with Gasteiger partial charge in [-0.05, 0) is 0 Å². The van der Waals surface area contributed by atoms with Crippen LogP contribution in [0.1, 0.15) is 0 Å². The van der Waals surface area contributed by atoms with Crippen molar-refractivity contribution in [2.24, 2.45) is 0 Å². The minimum absolute atomic E-state index is 0. The second-order valence-corrected chi connectivity index (χ2v) is 0. The van der Waals surface area contributed by atoms with Crippen LogP contribution in [0.15, 0.2) is 0 Å². The molecule has 0 aliphatic heterocycles. The van der Waals surface area contributed by atoms with Gasteiger partial charge in [0.1, 0.15) is 0 Å². The van der Waals surface area contributed by atoms with E-state index in [2.05, 4.69) is 0 Å². The lowest BCUT2D eigenvalue weighted by molar-refractivity contribution is 5.85. The summed E-state index contributed by atoms with van der Waals surface area (Å²) < 4.78 is 0. The van der Waals surface area contributed by atoms with Crippen LogP contribution in [0.2, 0.25) is 0 Å². The first-order valence-electron chi connectivity index (χ1n) is 0. The van der Waals surface area contributed by atoms with Crippen LogP contribution in [0.3, 0.4) is 0 Å². The molecule has 0 spiro atoms. The van der Waals surface area contributed by atoms with Crippen molar-refractivity contribution < 1.29 is 0 Å². The average Bonchev–Trinajstić information content (AvgIpc) is 0. The van der Waals surface area contributed by atoms with Crippen molar-refractivity contribution in [3.05, 3.63) is 0 Å². The molecule has 0 atom stereocenters. The van der Waals surface area contributed by atoms with E-state index in [4.69, 9.17) is 0 Å². The third-order valence-electron chi connectivity index (χ3n) is 0. The maximum Gasteiger partial charge on any atom is 0 e. The fraction of sp³-hybridized carbons (Fsp3) is 0. The van der Waals surface area contributed by atoms with E-state index in [0.29, 0.717) is 0 Å². The van der Waals surface area contributed by atoms with E-state index in [1.807, 2.05) is 0 Å². The average molecular weight is 456 g/mol. The Kier molecular flexibility index (Phi) is 1740. The monoisotopic (exact) mass is 451 g/mol. The van der Waals surface area contributed by atoms with Crippen LogP contribution in [-0.2, 0) is 0 Å². The highest BCUT2D eigenvalue weighted by Gasteiger charge is 0.0000639. The quantitative estimate of drug-likeness (QED) is 0.464. The van der Waals surface area contributed by atoms with Gasteiger partial charge < -0.3 is 0 Å². The van der Waals surface area contributed by atoms with Gasteiger partial charge in [-0.25, -0.2) is 0 Å². The topological polar surface area (TPSA) is 0 Å². The smallest absolute Gasteiger partial charge is 0 e. The first kappa shape index (κ1) is 143. The Morgan fingerprint density at radius 3 is 0.333 bits per heavy atom. The summed E-state index contributed by atoms with van der Waals surface area (Å²) in [5.74, 6) is 0. The predicted molar refractivity (Wildman–Crippen MR) is 74.1 cm³/mol. The fourth-order valence-corrected chi connectivity index (χ4v) is 0. The molecular weight excluding hydrogens is 448 g/mol. The van der Waals surface area contributed by atoms with Gasteiger partial charge in [0.25, 0.3) is 0 Å². The lowest BCUT2D eigenvalue weighted by atomic mass is 31.0. The molecule has 0 amide bonds. The Bertz CT molecular complexity index is 12.2. The highest BCUT2D eigenvalue weighted by atomic mass is 79.9. The van der Waals surface area contributed by atoms with Gasteiger partial charge in [-0.1, -0.05) is 0 Å². The molecule has 9 heavy (non-hydrogen) atoms. The third kappa shape index (κ3) is 89.2. The number of halogens is 8. The first-order valence-corrected chi connectivity index (χ1v) is 0. The van der Waals surface area contributed by atoms with Crippen LogP contribution < -0.4 is 0 Å². The van der Waals surface area contributed by atoms with Crippen molar-refractivity contribution in [3.8, 4) is 0 Å². The van der Waals surface area contributed by atoms with E-state index in [1.165, 1.54) is 0 Å². The maximum atomic E-state index is 0. The molecule has 9 heteroatoms. The van der Waals surface area contributed by atoms with Gasteiger partial charge in [-0.2, -0.15) is 0 Å². The molecule has 0 N–H and O–H groups in total. The Morgan fingerprint density at radius 1 is 0.333 bits per heavy atom. The van der Waals surface area contributed by atoms with Crippen molar-refractivity contribution in [2.45, 2.75) is 0 Å². The minimum Gasteiger partial charge on any atom is -0.147 e. The minimum atomic E-state index is 0. The summed E-state index contributed by atoms with van der Waals surface area (Å²) in [5.41, 5.74) is 0. The van der Waals surface area contributed by atoms with E-state index in [9.17, 15) is 0 Å². The zero-order valence-corrected chi connectivity index (χ0v) is 13.8. The molecule has 0 heterocycles. The second-order valence-electron chi connectivity index (χ2n) is 0. The van der Waals surface area contributed by atoms with E-state index in [1.54, 1.807) is 0 Å². The van der Waals surface area contributed by atoms with Crippen LogP contribution in [0.4, 0.5) is 0 Å². The van der Waals surface area contributed by atoms with Crippen LogP contribution in [-0.4, -0.2) is 0 Å². The normalized spacial score (nSPS) is 0. The number of hydrogen-bond donors (Lipinski definition) is 0. The van der Waals surface area contributed by atoms with E-state index >= 15 is 0 Å². The lowest BCUT2D eigenvalue weighted by Gasteiger charge is -0.148. The van der Waals surface area contributed by atoms with Crippen LogP contribution in [0, 0.1) is 0 Å². The molecule has 0 aliphatic rings. The van der Waals surface area contributed by atoms with Gasteiger partial charge >= 0.3 is 0 Å². The standard InChI is InChI=1S/3BrH.5ClH.P/h8*1H;. The van der Waals surface area contributed by atoms with Gasteiger partial charge in [0, 0.05) is 9.90 Å². The van der Waals surface area contributed by atoms with Gasteiger partial charge in [-0.15, -0.1) is 113 Å². The van der Waals surface area contributed by atoms with E-state index < -0.39 is 0 Å². The van der Waals surface area contributed by atoms with Crippen molar-refractivity contribution >= 4 is 123 Å². The molecule has 3 radical (unpaired) electrons. The van der Waals surface area contributed by atoms with Crippen molar-refractivity contribution in [1.29, 1.82) is 0 Å². The van der Waals surface area contributed by atoms with Gasteiger partial charge in [0.2, 0.25) is 0 Å². The molecule has 69 valence electrons. The van der Waals surface area contributed by atoms with Crippen LogP contribution in [0.5, 0.6) is 0 Å². The first-order chi connectivity index (χ1) is 0. The zero-order chi connectivity index (χ0) is 0. The molecule has 0 nitrogen and oxygen atoms in total. The fourth-order valence-electron chi connectivity index (χ4n) is 0. The highest BCUT2D eigenvalue weighted by Crippen LogP contribution is 0.861. The van der Waals surface area contributed by atoms with E-state index in [0.717, 1.165) is 0 Å². The predicted octanol–water partition coefficient (Wildman–Crippen LogP) is 4.70. The summed E-state index contributed by atoms with van der Waals surface area (Å²) in [6.45, 7) is 0. The van der Waals surface area contributed by atoms with Crippen LogP contribution >= 0.6 is 123 Å². The summed E-state index contributed by atoms with van der Waals surface area (Å²) in [6.07, 6.45) is 0. The summed E-state index contributed by atoms with van der Waals surface area (Å²) in [7, 11) is 0. The highest BCUT2D eigenvalue weighted by molar-refractivity contribution is 8.93. The summed E-state index contributed by atoms with van der Waals surface area (Å²) in [4.78, 5) is 0. The van der Waals surface area contributed by atoms with Crippen molar-refractivity contribution in [3.63, 3.8) is 0 Å². The Hall–Kier alpha value is 3.32. The molecule has 0 fully saturated rings. The molecule has 0 bridgehead atoms. The molecule has 0 saturated carbocycles. The third-order valence-corrected chi connectivity index (χ3v) is 0. The van der Waals surface area contributed by atoms with Crippen LogP contribution in [0.25, 0.3) is 0 Å². The SMILES string of the molecule is Br.Br.Br.Cl.Cl.Cl.Cl.Cl.[P]. The molecular formula is H8Br3Cl5P. The Morgan fingerprint density at radius 2 is 0.333 bits per heavy atom. The molecule has 0 aromatic heterocycles. The van der Waals surface area contributed by atoms with E-state index in [-0.39, 0.29) is 123 Å². The maximum absolute atomic E-state index is 0. The van der Waals surface area contributed by atoms with Gasteiger partial charge in [0.15, 0.2) is 0 Å². The molecule has 0 aromatic carbocycles. The largest absolute Gasteiger partial charge is 0.147 e. The van der Waals surface area contributed by atoms with Gasteiger partial charge in [0.05, 0.1) is 0 Å². The molecule has 0 saturated heterocycles.